The Labute approximate surface area is 100 Å². The molecule has 1 aromatic carbocycles. The highest BCUT2D eigenvalue weighted by atomic mass is 16.3. The number of rotatable bonds is 2. The molecule has 0 fully saturated rings. The molecule has 1 N–H and O–H groups in total. The molecule has 0 unspecified atom stereocenters. The fraction of sp³-hybridized carbons (Fsp3) is 0.357. The van der Waals surface area contributed by atoms with Gasteiger partial charge in [0.25, 0.3) is 0 Å². The molecular weight excluding hydrogens is 212 g/mol. The highest BCUT2D eigenvalue weighted by Crippen LogP contribution is 2.33. The second-order valence-electron chi connectivity index (χ2n) is 4.39. The monoisotopic (exact) mass is 228 g/mol. The lowest BCUT2D eigenvalue weighted by molar-refractivity contribution is 0.424. The second kappa shape index (κ2) is 3.91. The normalized spacial score (nSPS) is 15.5. The highest BCUT2D eigenvalue weighted by Gasteiger charge is 2.21. The fourth-order valence-electron chi connectivity index (χ4n) is 2.64. The van der Waals surface area contributed by atoms with Gasteiger partial charge < -0.3 is 9.67 Å². The molecule has 0 bridgehead atoms. The van der Waals surface area contributed by atoms with Crippen molar-refractivity contribution < 1.29 is 5.11 Å². The largest absolute Gasteiger partial charge is 0.494 e. The number of aliphatic imine (C=N–C) groups is 1. The van der Waals surface area contributed by atoms with Crippen LogP contribution >= 0.6 is 0 Å². The Kier molecular flexibility index (Phi) is 2.39. The van der Waals surface area contributed by atoms with Crippen LogP contribution < -0.4 is 0 Å². The predicted molar refractivity (Wildman–Crippen MR) is 69.9 cm³/mol. The van der Waals surface area contributed by atoms with Gasteiger partial charge in [-0.1, -0.05) is 18.2 Å². The summed E-state index contributed by atoms with van der Waals surface area (Å²) in [6, 6.07) is 8.14. The summed E-state index contributed by atoms with van der Waals surface area (Å²) in [5.74, 6) is 0.370. The van der Waals surface area contributed by atoms with Gasteiger partial charge >= 0.3 is 0 Å². The molecule has 2 heterocycles. The minimum Gasteiger partial charge on any atom is -0.494 e. The predicted octanol–water partition coefficient (Wildman–Crippen LogP) is 2.95. The number of aromatic hydroxyl groups is 1. The van der Waals surface area contributed by atoms with Crippen LogP contribution in [0.2, 0.25) is 0 Å². The van der Waals surface area contributed by atoms with Crippen molar-refractivity contribution in [3.63, 3.8) is 0 Å². The summed E-state index contributed by atoms with van der Waals surface area (Å²) in [5, 5.41) is 11.5. The summed E-state index contributed by atoms with van der Waals surface area (Å²) in [6.45, 7) is 3.71. The topological polar surface area (TPSA) is 37.5 Å². The molecule has 0 spiro atoms. The molecule has 0 saturated carbocycles. The third kappa shape index (κ3) is 1.46. The Morgan fingerprint density at radius 2 is 2.18 bits per heavy atom. The van der Waals surface area contributed by atoms with Gasteiger partial charge in [0, 0.05) is 24.2 Å². The lowest BCUT2D eigenvalue weighted by Gasteiger charge is -2.02. The summed E-state index contributed by atoms with van der Waals surface area (Å²) >= 11 is 0. The van der Waals surface area contributed by atoms with Crippen LogP contribution in [0.3, 0.4) is 0 Å². The molecule has 0 amide bonds. The number of benzene rings is 1. The molecule has 0 atom stereocenters. The van der Waals surface area contributed by atoms with E-state index in [2.05, 4.69) is 17.1 Å². The SMILES string of the molecule is CCn1c(O)c(C2=NCCC2)c2ccccc21. The van der Waals surface area contributed by atoms with E-state index in [1.807, 2.05) is 23.6 Å². The zero-order valence-corrected chi connectivity index (χ0v) is 9.98. The van der Waals surface area contributed by atoms with Gasteiger partial charge in [0.2, 0.25) is 5.88 Å². The maximum Gasteiger partial charge on any atom is 0.201 e. The van der Waals surface area contributed by atoms with Crippen LogP contribution in [-0.2, 0) is 6.54 Å². The molecule has 1 aromatic heterocycles. The molecule has 0 saturated heterocycles. The number of para-hydroxylation sites is 1. The Hall–Kier alpha value is -1.77. The van der Waals surface area contributed by atoms with Crippen molar-refractivity contribution >= 4 is 16.6 Å². The summed E-state index contributed by atoms with van der Waals surface area (Å²) in [5.41, 5.74) is 3.10. The summed E-state index contributed by atoms with van der Waals surface area (Å²) < 4.78 is 1.95. The van der Waals surface area contributed by atoms with Gasteiger partial charge in [0.15, 0.2) is 0 Å². The minimum atomic E-state index is 0.370. The second-order valence-corrected chi connectivity index (χ2v) is 4.39. The van der Waals surface area contributed by atoms with Crippen molar-refractivity contribution in [2.24, 2.45) is 4.99 Å². The first kappa shape index (κ1) is 10.4. The molecule has 2 aromatic rings. The highest BCUT2D eigenvalue weighted by molar-refractivity contribution is 6.13. The Morgan fingerprint density at radius 3 is 2.88 bits per heavy atom. The van der Waals surface area contributed by atoms with Gasteiger partial charge in [-0.05, 0) is 25.8 Å². The first-order valence-electron chi connectivity index (χ1n) is 6.16. The quantitative estimate of drug-likeness (QED) is 0.843. The molecule has 3 heteroatoms. The van der Waals surface area contributed by atoms with Crippen LogP contribution in [0.15, 0.2) is 29.3 Å². The minimum absolute atomic E-state index is 0.370. The maximum absolute atomic E-state index is 10.4. The zero-order valence-electron chi connectivity index (χ0n) is 9.98. The number of hydrogen-bond donors (Lipinski definition) is 1. The zero-order chi connectivity index (χ0) is 11.8. The number of hydrogen-bond acceptors (Lipinski definition) is 2. The molecular formula is C14H16N2O. The van der Waals surface area contributed by atoms with Crippen LogP contribution in [0.5, 0.6) is 5.88 Å². The molecule has 3 nitrogen and oxygen atoms in total. The molecule has 0 radical (unpaired) electrons. The van der Waals surface area contributed by atoms with E-state index in [4.69, 9.17) is 0 Å². The smallest absolute Gasteiger partial charge is 0.201 e. The third-order valence-corrected chi connectivity index (χ3v) is 3.42. The van der Waals surface area contributed by atoms with Crippen molar-refractivity contribution in [3.05, 3.63) is 29.8 Å². The number of aromatic nitrogens is 1. The number of fused-ring (bicyclic) bond motifs is 1. The van der Waals surface area contributed by atoms with E-state index in [1.165, 1.54) is 0 Å². The van der Waals surface area contributed by atoms with Gasteiger partial charge in [0.05, 0.1) is 11.1 Å². The molecule has 1 aliphatic rings. The summed E-state index contributed by atoms with van der Waals surface area (Å²) in [4.78, 5) is 4.51. The number of nitrogens with zero attached hydrogens (tertiary/aromatic N) is 2. The standard InChI is InChI=1S/C14H16N2O/c1-2-16-12-8-4-3-6-10(12)13(14(16)17)11-7-5-9-15-11/h3-4,6,8,17H,2,5,7,9H2,1H3. The van der Waals surface area contributed by atoms with Crippen LogP contribution in [0.4, 0.5) is 0 Å². The average Bonchev–Trinajstić information content (AvgIpc) is 2.93. The molecule has 0 aliphatic carbocycles. The van der Waals surface area contributed by atoms with Gasteiger partial charge in [-0.15, -0.1) is 0 Å². The third-order valence-electron chi connectivity index (χ3n) is 3.42. The van der Waals surface area contributed by atoms with E-state index in [-0.39, 0.29) is 0 Å². The van der Waals surface area contributed by atoms with Crippen molar-refractivity contribution in [2.75, 3.05) is 6.54 Å². The van der Waals surface area contributed by atoms with Crippen molar-refractivity contribution in [3.8, 4) is 5.88 Å². The maximum atomic E-state index is 10.4. The van der Waals surface area contributed by atoms with Crippen molar-refractivity contribution in [1.82, 2.24) is 4.57 Å². The molecule has 3 rings (SSSR count). The van der Waals surface area contributed by atoms with Gasteiger partial charge in [-0.25, -0.2) is 0 Å². The lowest BCUT2D eigenvalue weighted by atomic mass is 10.1. The van der Waals surface area contributed by atoms with Gasteiger partial charge in [0.1, 0.15) is 0 Å². The van der Waals surface area contributed by atoms with Gasteiger partial charge in [-0.2, -0.15) is 0 Å². The van der Waals surface area contributed by atoms with Crippen LogP contribution in [0, 0.1) is 0 Å². The van der Waals surface area contributed by atoms with E-state index in [9.17, 15) is 5.11 Å². The Bertz CT molecular complexity index is 596. The van der Waals surface area contributed by atoms with E-state index in [0.717, 1.165) is 48.1 Å². The van der Waals surface area contributed by atoms with E-state index in [0.29, 0.717) is 5.88 Å². The lowest BCUT2D eigenvalue weighted by Crippen LogP contribution is -1.97. The van der Waals surface area contributed by atoms with E-state index in [1.54, 1.807) is 0 Å². The summed E-state index contributed by atoms with van der Waals surface area (Å²) in [7, 11) is 0. The van der Waals surface area contributed by atoms with Gasteiger partial charge in [-0.3, -0.25) is 4.99 Å². The first-order valence-corrected chi connectivity index (χ1v) is 6.16. The fourth-order valence-corrected chi connectivity index (χ4v) is 2.64. The molecule has 88 valence electrons. The Balaban J connectivity index is 2.33. The van der Waals surface area contributed by atoms with E-state index >= 15 is 0 Å². The van der Waals surface area contributed by atoms with Crippen LogP contribution in [0.25, 0.3) is 10.9 Å². The van der Waals surface area contributed by atoms with E-state index < -0.39 is 0 Å². The average molecular weight is 228 g/mol. The van der Waals surface area contributed by atoms with Crippen LogP contribution in [0.1, 0.15) is 25.3 Å². The van der Waals surface area contributed by atoms with Crippen molar-refractivity contribution in [1.29, 1.82) is 0 Å². The first-order chi connectivity index (χ1) is 8.33. The molecule has 17 heavy (non-hydrogen) atoms. The number of aryl methyl sites for hydroxylation is 1. The Morgan fingerprint density at radius 1 is 1.35 bits per heavy atom. The molecule has 1 aliphatic heterocycles. The van der Waals surface area contributed by atoms with Crippen molar-refractivity contribution in [2.45, 2.75) is 26.3 Å². The van der Waals surface area contributed by atoms with Crippen LogP contribution in [-0.4, -0.2) is 21.9 Å². The summed E-state index contributed by atoms with van der Waals surface area (Å²) in [6.07, 6.45) is 2.08.